The number of hydrogen-bond donors (Lipinski definition) is 1. The van der Waals surface area contributed by atoms with Crippen molar-refractivity contribution < 1.29 is 23.6 Å². The van der Waals surface area contributed by atoms with Crippen LogP contribution in [0, 0.1) is 13.8 Å². The van der Waals surface area contributed by atoms with Crippen molar-refractivity contribution in [1.82, 2.24) is 25.2 Å². The highest BCUT2D eigenvalue weighted by Crippen LogP contribution is 2.31. The predicted molar refractivity (Wildman–Crippen MR) is 130 cm³/mol. The molecule has 36 heavy (non-hydrogen) atoms. The van der Waals surface area contributed by atoms with Crippen LogP contribution in [0.2, 0.25) is 0 Å². The number of carbonyl (C=O) groups excluding carboxylic acids is 2. The molecule has 0 radical (unpaired) electrons. The lowest BCUT2D eigenvalue weighted by Crippen LogP contribution is -2.29. The third-order valence-electron chi connectivity index (χ3n) is 5.41. The number of ether oxygens (including phenoxy) is 2. The maximum Gasteiger partial charge on any atom is 0.263 e. The van der Waals surface area contributed by atoms with E-state index in [1.165, 1.54) is 11.3 Å². The number of benzene rings is 2. The Bertz CT molecular complexity index is 1420. The third-order valence-corrected chi connectivity index (χ3v) is 6.16. The van der Waals surface area contributed by atoms with Crippen molar-refractivity contribution in [3.05, 3.63) is 58.9 Å². The molecule has 2 aromatic carbocycles. The summed E-state index contributed by atoms with van der Waals surface area (Å²) in [5.74, 6) is 1.68. The Hall–Kier alpha value is -4.32. The molecule has 11 nitrogen and oxygen atoms in total. The zero-order valence-electron chi connectivity index (χ0n) is 19.7. The van der Waals surface area contributed by atoms with Gasteiger partial charge in [-0.25, -0.2) is 0 Å². The molecule has 1 unspecified atom stereocenters. The first kappa shape index (κ1) is 23.4. The molecular weight excluding hydrogens is 484 g/mol. The molecule has 0 spiro atoms. The Labute approximate surface area is 210 Å². The van der Waals surface area contributed by atoms with Gasteiger partial charge in [0.15, 0.2) is 11.9 Å². The fourth-order valence-corrected chi connectivity index (χ4v) is 4.21. The highest BCUT2D eigenvalue weighted by atomic mass is 32.1. The first-order chi connectivity index (χ1) is 17.3. The van der Waals surface area contributed by atoms with E-state index in [0.717, 1.165) is 10.6 Å². The van der Waals surface area contributed by atoms with Crippen LogP contribution in [-0.2, 0) is 4.79 Å². The van der Waals surface area contributed by atoms with Gasteiger partial charge in [0.05, 0.1) is 0 Å². The summed E-state index contributed by atoms with van der Waals surface area (Å²) in [6, 6.07) is 11.9. The Balaban J connectivity index is 1.40. The number of rotatable bonds is 7. The molecule has 0 bridgehead atoms. The Morgan fingerprint density at radius 3 is 2.53 bits per heavy atom. The molecule has 1 N–H and O–H groups in total. The van der Waals surface area contributed by atoms with Crippen molar-refractivity contribution in [3.8, 4) is 28.7 Å². The van der Waals surface area contributed by atoms with Crippen molar-refractivity contribution in [3.63, 3.8) is 0 Å². The van der Waals surface area contributed by atoms with Crippen LogP contribution in [0.15, 0.2) is 47.0 Å². The molecule has 12 heteroatoms. The van der Waals surface area contributed by atoms with Gasteiger partial charge in [-0.15, -0.1) is 10.2 Å². The third kappa shape index (κ3) is 5.18. The van der Waals surface area contributed by atoms with E-state index in [1.54, 1.807) is 68.3 Å². The fourth-order valence-electron chi connectivity index (χ4n) is 3.63. The number of carbonyl (C=O) groups is 2. The van der Waals surface area contributed by atoms with Crippen LogP contribution in [-0.4, -0.2) is 56.7 Å². The van der Waals surface area contributed by atoms with E-state index in [2.05, 4.69) is 25.7 Å². The van der Waals surface area contributed by atoms with Gasteiger partial charge in [-0.2, -0.15) is 4.98 Å². The monoisotopic (exact) mass is 506 g/mol. The molecule has 1 aliphatic heterocycles. The molecule has 2 amide bonds. The van der Waals surface area contributed by atoms with Crippen molar-refractivity contribution >= 4 is 28.3 Å². The SMILES string of the molecule is Cc1noc(-c2ccc(Oc3cc(OC4CCN(C)C4=O)cc(C(=O)Nc4nnc(C)s4)c3)cc2)n1. The number of anilines is 1. The van der Waals surface area contributed by atoms with E-state index in [-0.39, 0.29) is 11.5 Å². The van der Waals surface area contributed by atoms with Crippen molar-refractivity contribution in [2.24, 2.45) is 0 Å². The summed E-state index contributed by atoms with van der Waals surface area (Å²) < 4.78 is 17.2. The second-order valence-corrected chi connectivity index (χ2v) is 9.38. The second-order valence-electron chi connectivity index (χ2n) is 8.20. The van der Waals surface area contributed by atoms with Gasteiger partial charge in [-0.3, -0.25) is 14.9 Å². The van der Waals surface area contributed by atoms with Gasteiger partial charge in [0.1, 0.15) is 22.3 Å². The molecule has 0 saturated carbocycles. The van der Waals surface area contributed by atoms with Crippen LogP contribution in [0.5, 0.6) is 17.2 Å². The number of aromatic nitrogens is 4. The summed E-state index contributed by atoms with van der Waals surface area (Å²) in [6.07, 6.45) is -0.0630. The minimum absolute atomic E-state index is 0.108. The summed E-state index contributed by atoms with van der Waals surface area (Å²) in [5, 5.41) is 15.5. The van der Waals surface area contributed by atoms with Gasteiger partial charge in [-0.05, 0) is 50.2 Å². The van der Waals surface area contributed by atoms with Crippen LogP contribution >= 0.6 is 11.3 Å². The minimum Gasteiger partial charge on any atom is -0.480 e. The molecule has 1 fully saturated rings. The van der Waals surface area contributed by atoms with Gasteiger partial charge < -0.3 is 18.9 Å². The second kappa shape index (κ2) is 9.74. The van der Waals surface area contributed by atoms with Gasteiger partial charge in [0.25, 0.3) is 17.7 Å². The lowest BCUT2D eigenvalue weighted by atomic mass is 10.1. The number of aryl methyl sites for hydroxylation is 2. The molecule has 184 valence electrons. The molecule has 3 heterocycles. The van der Waals surface area contributed by atoms with E-state index in [4.69, 9.17) is 14.0 Å². The van der Waals surface area contributed by atoms with Crippen molar-refractivity contribution in [2.45, 2.75) is 26.4 Å². The Morgan fingerprint density at radius 1 is 1.11 bits per heavy atom. The van der Waals surface area contributed by atoms with E-state index >= 15 is 0 Å². The summed E-state index contributed by atoms with van der Waals surface area (Å²) in [5.41, 5.74) is 1.03. The average molecular weight is 507 g/mol. The lowest BCUT2D eigenvalue weighted by Gasteiger charge is -2.15. The van der Waals surface area contributed by atoms with Crippen molar-refractivity contribution in [1.29, 1.82) is 0 Å². The van der Waals surface area contributed by atoms with Crippen LogP contribution in [0.1, 0.15) is 27.6 Å². The highest BCUT2D eigenvalue weighted by molar-refractivity contribution is 7.15. The Morgan fingerprint density at radius 2 is 1.89 bits per heavy atom. The quantitative estimate of drug-likeness (QED) is 0.397. The van der Waals surface area contributed by atoms with E-state index < -0.39 is 12.0 Å². The van der Waals surface area contributed by atoms with Gasteiger partial charge >= 0.3 is 0 Å². The zero-order valence-corrected chi connectivity index (χ0v) is 20.5. The smallest absolute Gasteiger partial charge is 0.263 e. The molecule has 1 saturated heterocycles. The maximum absolute atomic E-state index is 13.0. The molecule has 1 aliphatic rings. The summed E-state index contributed by atoms with van der Waals surface area (Å²) in [6.45, 7) is 4.15. The zero-order chi connectivity index (χ0) is 25.2. The van der Waals surface area contributed by atoms with E-state index in [1.807, 2.05) is 0 Å². The fraction of sp³-hybridized carbons (Fsp3) is 0.250. The summed E-state index contributed by atoms with van der Waals surface area (Å²) in [4.78, 5) is 31.1. The average Bonchev–Trinajstić information content (AvgIpc) is 3.56. The van der Waals surface area contributed by atoms with E-state index in [9.17, 15) is 9.59 Å². The molecule has 2 aromatic heterocycles. The Kier molecular flexibility index (Phi) is 6.34. The molecule has 0 aliphatic carbocycles. The number of likely N-dealkylation sites (N-methyl/N-ethyl adjacent to an activating group) is 1. The normalized spacial score (nSPS) is 15.2. The molecule has 4 aromatic rings. The summed E-state index contributed by atoms with van der Waals surface area (Å²) >= 11 is 1.27. The van der Waals surface area contributed by atoms with E-state index in [0.29, 0.717) is 47.1 Å². The van der Waals surface area contributed by atoms with Gasteiger partial charge in [0.2, 0.25) is 5.13 Å². The number of likely N-dealkylation sites (tertiary alicyclic amines) is 1. The topological polar surface area (TPSA) is 133 Å². The highest BCUT2D eigenvalue weighted by Gasteiger charge is 2.31. The predicted octanol–water partition coefficient (Wildman–Crippen LogP) is 3.86. The lowest BCUT2D eigenvalue weighted by molar-refractivity contribution is -0.132. The summed E-state index contributed by atoms with van der Waals surface area (Å²) in [7, 11) is 1.73. The number of nitrogens with zero attached hydrogens (tertiary/aromatic N) is 5. The van der Waals surface area contributed by atoms with Crippen LogP contribution in [0.3, 0.4) is 0 Å². The van der Waals surface area contributed by atoms with Crippen LogP contribution in [0.4, 0.5) is 5.13 Å². The van der Waals surface area contributed by atoms with Crippen LogP contribution in [0.25, 0.3) is 11.5 Å². The first-order valence-corrected chi connectivity index (χ1v) is 11.9. The number of hydrogen-bond acceptors (Lipinski definition) is 10. The molecule has 1 atom stereocenters. The number of amides is 2. The molecular formula is C24H22N6O5S. The maximum atomic E-state index is 13.0. The number of nitrogens with one attached hydrogen (secondary N) is 1. The molecule has 5 rings (SSSR count). The van der Waals surface area contributed by atoms with Crippen molar-refractivity contribution in [2.75, 3.05) is 18.9 Å². The van der Waals surface area contributed by atoms with Crippen LogP contribution < -0.4 is 14.8 Å². The standard InChI is InChI=1S/C24H22N6O5S/c1-13-25-22(35-29-13)15-4-6-17(7-5-15)33-18-10-16(21(31)26-24-28-27-14(2)36-24)11-19(12-18)34-20-8-9-30(3)23(20)32/h4-7,10-12,20H,8-9H2,1-3H3,(H,26,28,31). The minimum atomic E-state index is -0.621. The largest absolute Gasteiger partial charge is 0.480 e. The van der Waals surface area contributed by atoms with Gasteiger partial charge in [-0.1, -0.05) is 16.5 Å². The van der Waals surface area contributed by atoms with Gasteiger partial charge in [0, 0.05) is 37.2 Å². The first-order valence-electron chi connectivity index (χ1n) is 11.1.